The summed E-state index contributed by atoms with van der Waals surface area (Å²) in [4.78, 5) is 13.9. The number of nitrogens with zero attached hydrogens (tertiary/aromatic N) is 1. The van der Waals surface area contributed by atoms with Gasteiger partial charge in [-0.2, -0.15) is 0 Å². The monoisotopic (exact) mass is 274 g/mol. The summed E-state index contributed by atoms with van der Waals surface area (Å²) in [6.07, 6.45) is 3.08. The molecule has 108 valence electrons. The number of ether oxygens (including phenoxy) is 1. The third-order valence-electron chi connectivity index (χ3n) is 3.47. The smallest absolute Gasteiger partial charge is 0.236 e. The molecule has 2 rings (SSSR count). The van der Waals surface area contributed by atoms with Gasteiger partial charge in [0, 0.05) is 26.7 Å². The first-order valence-electron chi connectivity index (χ1n) is 7.03. The van der Waals surface area contributed by atoms with Gasteiger partial charge in [0.2, 0.25) is 5.91 Å². The standard InChI is InChI=1S/C16H22N2O2/c1-20-12-9-17-13-16(19)18-10-7-15(8-11-18)14-5-3-2-4-6-14/h2-7,17H,8-13H2,1H3. The van der Waals surface area contributed by atoms with Crippen LogP contribution in [0.1, 0.15) is 12.0 Å². The van der Waals surface area contributed by atoms with E-state index in [9.17, 15) is 4.79 Å². The number of carbonyl (C=O) groups is 1. The highest BCUT2D eigenvalue weighted by molar-refractivity contribution is 5.80. The highest BCUT2D eigenvalue weighted by Gasteiger charge is 2.17. The second kappa shape index (κ2) is 7.82. The molecule has 0 atom stereocenters. The summed E-state index contributed by atoms with van der Waals surface area (Å²) < 4.78 is 4.94. The molecule has 1 aliphatic heterocycles. The predicted molar refractivity (Wildman–Crippen MR) is 80.4 cm³/mol. The lowest BCUT2D eigenvalue weighted by Crippen LogP contribution is -2.41. The molecule has 0 aliphatic carbocycles. The number of hydrogen-bond acceptors (Lipinski definition) is 3. The topological polar surface area (TPSA) is 41.6 Å². The minimum Gasteiger partial charge on any atom is -0.383 e. The van der Waals surface area contributed by atoms with Crippen molar-refractivity contribution in [2.24, 2.45) is 0 Å². The van der Waals surface area contributed by atoms with Gasteiger partial charge in [-0.3, -0.25) is 4.79 Å². The number of amides is 1. The summed E-state index contributed by atoms with van der Waals surface area (Å²) in [6, 6.07) is 10.4. The van der Waals surface area contributed by atoms with Crippen LogP contribution in [0.15, 0.2) is 36.4 Å². The Bertz CT molecular complexity index is 457. The van der Waals surface area contributed by atoms with Crippen LogP contribution in [-0.2, 0) is 9.53 Å². The summed E-state index contributed by atoms with van der Waals surface area (Å²) in [5.74, 6) is 0.157. The van der Waals surface area contributed by atoms with Crippen molar-refractivity contribution in [2.75, 3.05) is 39.9 Å². The molecule has 1 N–H and O–H groups in total. The quantitative estimate of drug-likeness (QED) is 0.800. The lowest BCUT2D eigenvalue weighted by molar-refractivity contribution is -0.129. The summed E-state index contributed by atoms with van der Waals surface area (Å²) in [5.41, 5.74) is 2.60. The highest BCUT2D eigenvalue weighted by atomic mass is 16.5. The van der Waals surface area contributed by atoms with Crippen LogP contribution < -0.4 is 5.32 Å². The van der Waals surface area contributed by atoms with Crippen LogP contribution in [0.4, 0.5) is 0 Å². The van der Waals surface area contributed by atoms with Crippen molar-refractivity contribution in [1.82, 2.24) is 10.2 Å². The molecule has 0 bridgehead atoms. The van der Waals surface area contributed by atoms with Crippen molar-refractivity contribution in [2.45, 2.75) is 6.42 Å². The summed E-state index contributed by atoms with van der Waals surface area (Å²) >= 11 is 0. The van der Waals surface area contributed by atoms with E-state index in [2.05, 4.69) is 23.5 Å². The van der Waals surface area contributed by atoms with Gasteiger partial charge in [-0.15, -0.1) is 0 Å². The molecule has 1 aromatic carbocycles. The molecule has 1 aliphatic rings. The Hall–Kier alpha value is -1.65. The third-order valence-corrected chi connectivity index (χ3v) is 3.47. The van der Waals surface area contributed by atoms with Crippen LogP contribution in [0.5, 0.6) is 0 Å². The highest BCUT2D eigenvalue weighted by Crippen LogP contribution is 2.21. The van der Waals surface area contributed by atoms with Crippen molar-refractivity contribution in [3.8, 4) is 0 Å². The molecule has 0 fully saturated rings. The minimum absolute atomic E-state index is 0.157. The Morgan fingerprint density at radius 1 is 1.35 bits per heavy atom. The fraction of sp³-hybridized carbons (Fsp3) is 0.438. The molecule has 0 unspecified atom stereocenters. The lowest BCUT2D eigenvalue weighted by Gasteiger charge is -2.27. The fourth-order valence-corrected chi connectivity index (χ4v) is 2.29. The Labute approximate surface area is 120 Å². The zero-order valence-electron chi connectivity index (χ0n) is 12.0. The maximum Gasteiger partial charge on any atom is 0.236 e. The van der Waals surface area contributed by atoms with Gasteiger partial charge >= 0.3 is 0 Å². The SMILES string of the molecule is COCCNCC(=O)N1CC=C(c2ccccc2)CC1. The molecule has 4 heteroatoms. The van der Waals surface area contributed by atoms with E-state index >= 15 is 0 Å². The molecule has 0 saturated heterocycles. The van der Waals surface area contributed by atoms with Crippen LogP contribution in [-0.4, -0.2) is 50.7 Å². The molecule has 0 spiro atoms. The van der Waals surface area contributed by atoms with E-state index in [0.717, 1.165) is 13.0 Å². The van der Waals surface area contributed by atoms with Gasteiger partial charge in [0.15, 0.2) is 0 Å². The van der Waals surface area contributed by atoms with E-state index in [1.807, 2.05) is 23.1 Å². The maximum atomic E-state index is 12.0. The normalized spacial score (nSPS) is 15.1. The van der Waals surface area contributed by atoms with Gasteiger partial charge in [0.05, 0.1) is 13.2 Å². The molecule has 0 aromatic heterocycles. The number of methoxy groups -OCH3 is 1. The molecule has 20 heavy (non-hydrogen) atoms. The zero-order chi connectivity index (χ0) is 14.2. The lowest BCUT2D eigenvalue weighted by atomic mass is 9.99. The first kappa shape index (κ1) is 14.8. The molecule has 1 amide bonds. The Balaban J connectivity index is 1.81. The number of hydrogen-bond donors (Lipinski definition) is 1. The van der Waals surface area contributed by atoms with Crippen LogP contribution in [0.3, 0.4) is 0 Å². The fourth-order valence-electron chi connectivity index (χ4n) is 2.29. The minimum atomic E-state index is 0.157. The van der Waals surface area contributed by atoms with E-state index < -0.39 is 0 Å². The largest absolute Gasteiger partial charge is 0.383 e. The van der Waals surface area contributed by atoms with Crippen LogP contribution in [0, 0.1) is 0 Å². The van der Waals surface area contributed by atoms with Gasteiger partial charge in [-0.25, -0.2) is 0 Å². The average molecular weight is 274 g/mol. The molecule has 1 heterocycles. The van der Waals surface area contributed by atoms with E-state index in [1.165, 1.54) is 11.1 Å². The number of rotatable bonds is 6. The molecular formula is C16H22N2O2. The summed E-state index contributed by atoms with van der Waals surface area (Å²) in [6.45, 7) is 3.23. The Morgan fingerprint density at radius 2 is 2.15 bits per heavy atom. The summed E-state index contributed by atoms with van der Waals surface area (Å²) in [7, 11) is 1.66. The van der Waals surface area contributed by atoms with E-state index in [-0.39, 0.29) is 5.91 Å². The Kier molecular flexibility index (Phi) is 5.77. The van der Waals surface area contributed by atoms with Crippen molar-refractivity contribution < 1.29 is 9.53 Å². The molecule has 0 saturated carbocycles. The van der Waals surface area contributed by atoms with Crippen LogP contribution >= 0.6 is 0 Å². The van der Waals surface area contributed by atoms with Crippen molar-refractivity contribution in [3.63, 3.8) is 0 Å². The first-order valence-corrected chi connectivity index (χ1v) is 7.03. The average Bonchev–Trinajstić information content (AvgIpc) is 2.52. The number of benzene rings is 1. The van der Waals surface area contributed by atoms with Gasteiger partial charge in [-0.05, 0) is 17.6 Å². The molecule has 1 aromatic rings. The number of nitrogens with one attached hydrogen (secondary N) is 1. The van der Waals surface area contributed by atoms with Crippen molar-refractivity contribution >= 4 is 11.5 Å². The molecular weight excluding hydrogens is 252 g/mol. The summed E-state index contributed by atoms with van der Waals surface area (Å²) in [5, 5.41) is 3.09. The van der Waals surface area contributed by atoms with Gasteiger partial charge in [0.25, 0.3) is 0 Å². The van der Waals surface area contributed by atoms with E-state index in [1.54, 1.807) is 7.11 Å². The first-order chi connectivity index (χ1) is 9.81. The predicted octanol–water partition coefficient (Wildman–Crippen LogP) is 1.54. The van der Waals surface area contributed by atoms with E-state index in [4.69, 9.17) is 4.74 Å². The third kappa shape index (κ3) is 4.18. The van der Waals surface area contributed by atoms with Gasteiger partial charge in [0.1, 0.15) is 0 Å². The maximum absolute atomic E-state index is 12.0. The Morgan fingerprint density at radius 3 is 2.80 bits per heavy atom. The van der Waals surface area contributed by atoms with Gasteiger partial charge < -0.3 is 15.0 Å². The number of carbonyl (C=O) groups excluding carboxylic acids is 1. The second-order valence-corrected chi connectivity index (χ2v) is 4.85. The molecule has 0 radical (unpaired) electrons. The molecule has 4 nitrogen and oxygen atoms in total. The van der Waals surface area contributed by atoms with Crippen LogP contribution in [0.25, 0.3) is 5.57 Å². The van der Waals surface area contributed by atoms with Crippen LogP contribution in [0.2, 0.25) is 0 Å². The van der Waals surface area contributed by atoms with Crippen molar-refractivity contribution in [1.29, 1.82) is 0 Å². The van der Waals surface area contributed by atoms with Crippen molar-refractivity contribution in [3.05, 3.63) is 42.0 Å². The van der Waals surface area contributed by atoms with Gasteiger partial charge in [-0.1, -0.05) is 36.4 Å². The second-order valence-electron chi connectivity index (χ2n) is 4.85. The van der Waals surface area contributed by atoms with E-state index in [0.29, 0.717) is 26.2 Å². The zero-order valence-corrected chi connectivity index (χ0v) is 12.0.